The maximum absolute atomic E-state index is 12.5. The van der Waals surface area contributed by atoms with Crippen molar-refractivity contribution in [3.8, 4) is 0 Å². The molecule has 0 unspecified atom stereocenters. The van der Waals surface area contributed by atoms with E-state index in [9.17, 15) is 14.9 Å². The molecule has 1 N–H and O–H groups in total. The SMILES string of the molecule is O=C(CCCNc1ccc2ncccc2c1[N+](=O)[O-])N1Cc2ccccc2C1. The van der Waals surface area contributed by atoms with E-state index in [0.717, 1.165) is 0 Å². The highest BCUT2D eigenvalue weighted by molar-refractivity contribution is 5.94. The van der Waals surface area contributed by atoms with Gasteiger partial charge in [0.15, 0.2) is 0 Å². The van der Waals surface area contributed by atoms with E-state index in [2.05, 4.69) is 22.4 Å². The van der Waals surface area contributed by atoms with Crippen LogP contribution in [0.15, 0.2) is 54.7 Å². The van der Waals surface area contributed by atoms with E-state index in [1.165, 1.54) is 11.1 Å². The number of nitrogens with zero attached hydrogens (tertiary/aromatic N) is 3. The monoisotopic (exact) mass is 376 g/mol. The zero-order valence-corrected chi connectivity index (χ0v) is 15.3. The summed E-state index contributed by atoms with van der Waals surface area (Å²) in [4.78, 5) is 29.6. The molecule has 0 aliphatic carbocycles. The van der Waals surface area contributed by atoms with Crippen LogP contribution in [-0.2, 0) is 17.9 Å². The van der Waals surface area contributed by atoms with Crippen molar-refractivity contribution >= 4 is 28.2 Å². The van der Waals surface area contributed by atoms with Gasteiger partial charge in [-0.1, -0.05) is 24.3 Å². The fourth-order valence-corrected chi connectivity index (χ4v) is 3.61. The van der Waals surface area contributed by atoms with Crippen molar-refractivity contribution in [2.45, 2.75) is 25.9 Å². The molecule has 1 aromatic heterocycles. The van der Waals surface area contributed by atoms with E-state index in [0.29, 0.717) is 49.1 Å². The van der Waals surface area contributed by atoms with Gasteiger partial charge in [0.2, 0.25) is 5.91 Å². The summed E-state index contributed by atoms with van der Waals surface area (Å²) in [5, 5.41) is 15.1. The number of rotatable bonds is 6. The molecule has 2 heterocycles. The predicted octanol–water partition coefficient (Wildman–Crippen LogP) is 3.88. The van der Waals surface area contributed by atoms with Crippen molar-refractivity contribution < 1.29 is 9.72 Å². The summed E-state index contributed by atoms with van der Waals surface area (Å²) >= 11 is 0. The Bertz CT molecular complexity index is 1030. The molecule has 7 heteroatoms. The summed E-state index contributed by atoms with van der Waals surface area (Å²) in [5.74, 6) is 0.107. The Morgan fingerprint density at radius 2 is 1.86 bits per heavy atom. The van der Waals surface area contributed by atoms with Crippen molar-refractivity contribution in [3.63, 3.8) is 0 Å². The molecule has 0 spiro atoms. The smallest absolute Gasteiger partial charge is 0.301 e. The van der Waals surface area contributed by atoms with E-state index in [-0.39, 0.29) is 16.5 Å². The van der Waals surface area contributed by atoms with Crippen LogP contribution in [0.3, 0.4) is 0 Å². The number of nitro benzene ring substituents is 1. The normalized spacial score (nSPS) is 12.8. The van der Waals surface area contributed by atoms with E-state index >= 15 is 0 Å². The van der Waals surface area contributed by atoms with Crippen molar-refractivity contribution in [1.82, 2.24) is 9.88 Å². The summed E-state index contributed by atoms with van der Waals surface area (Å²) in [6, 6.07) is 14.9. The lowest BCUT2D eigenvalue weighted by atomic mass is 10.1. The number of fused-ring (bicyclic) bond motifs is 2. The van der Waals surface area contributed by atoms with Crippen LogP contribution in [0.2, 0.25) is 0 Å². The number of hydrogen-bond donors (Lipinski definition) is 1. The van der Waals surface area contributed by atoms with Crippen LogP contribution in [0, 0.1) is 10.1 Å². The van der Waals surface area contributed by atoms with Gasteiger partial charge in [-0.25, -0.2) is 0 Å². The Morgan fingerprint density at radius 1 is 1.11 bits per heavy atom. The summed E-state index contributed by atoms with van der Waals surface area (Å²) < 4.78 is 0. The van der Waals surface area contributed by atoms with Crippen LogP contribution in [0.4, 0.5) is 11.4 Å². The van der Waals surface area contributed by atoms with Crippen molar-refractivity contribution in [3.05, 3.63) is 76.0 Å². The molecule has 0 saturated heterocycles. The van der Waals surface area contributed by atoms with Crippen molar-refractivity contribution in [1.29, 1.82) is 0 Å². The van der Waals surface area contributed by atoms with Crippen LogP contribution >= 0.6 is 0 Å². The number of amides is 1. The highest BCUT2D eigenvalue weighted by Crippen LogP contribution is 2.32. The standard InChI is InChI=1S/C21H20N4O3/c26-20(24-13-15-5-1-2-6-16(15)14-24)8-4-12-23-19-10-9-18-17(7-3-11-22-18)21(19)25(27)28/h1-3,5-7,9-11,23H,4,8,12-14H2. The van der Waals surface area contributed by atoms with E-state index < -0.39 is 0 Å². The zero-order chi connectivity index (χ0) is 19.5. The van der Waals surface area contributed by atoms with Gasteiger partial charge in [-0.05, 0) is 41.8 Å². The minimum absolute atomic E-state index is 0.0203. The Kier molecular flexibility index (Phi) is 4.89. The number of aromatic nitrogens is 1. The maximum Gasteiger partial charge on any atom is 0.301 e. The average molecular weight is 376 g/mol. The lowest BCUT2D eigenvalue weighted by Crippen LogP contribution is -2.25. The molecule has 1 aliphatic rings. The minimum Gasteiger partial charge on any atom is -0.379 e. The number of hydrogen-bond acceptors (Lipinski definition) is 5. The molecule has 4 rings (SSSR count). The molecule has 142 valence electrons. The van der Waals surface area contributed by atoms with Gasteiger partial charge >= 0.3 is 5.69 Å². The molecule has 7 nitrogen and oxygen atoms in total. The third-order valence-corrected chi connectivity index (χ3v) is 5.02. The highest BCUT2D eigenvalue weighted by Gasteiger charge is 2.22. The molecule has 3 aromatic rings. The van der Waals surface area contributed by atoms with Crippen molar-refractivity contribution in [2.75, 3.05) is 11.9 Å². The van der Waals surface area contributed by atoms with Gasteiger partial charge in [0.1, 0.15) is 5.69 Å². The number of nitrogens with one attached hydrogen (secondary N) is 1. The number of carbonyl (C=O) groups is 1. The van der Waals surface area contributed by atoms with Gasteiger partial charge in [0, 0.05) is 32.3 Å². The second kappa shape index (κ2) is 7.64. The zero-order valence-electron chi connectivity index (χ0n) is 15.3. The van der Waals surface area contributed by atoms with Crippen LogP contribution in [0.5, 0.6) is 0 Å². The molecule has 0 bridgehead atoms. The second-order valence-electron chi connectivity index (χ2n) is 6.84. The fraction of sp³-hybridized carbons (Fsp3) is 0.238. The van der Waals surface area contributed by atoms with Crippen LogP contribution in [0.1, 0.15) is 24.0 Å². The number of carbonyl (C=O) groups excluding carboxylic acids is 1. The molecule has 28 heavy (non-hydrogen) atoms. The maximum atomic E-state index is 12.5. The first-order valence-corrected chi connectivity index (χ1v) is 9.24. The molecule has 0 fully saturated rings. The molecular weight excluding hydrogens is 356 g/mol. The van der Waals surface area contributed by atoms with Gasteiger partial charge in [0.25, 0.3) is 0 Å². The summed E-state index contributed by atoms with van der Waals surface area (Å²) in [6.45, 7) is 1.80. The summed E-state index contributed by atoms with van der Waals surface area (Å²) in [6.07, 6.45) is 2.62. The molecule has 1 amide bonds. The van der Waals surface area contributed by atoms with Gasteiger partial charge in [0.05, 0.1) is 15.8 Å². The summed E-state index contributed by atoms with van der Waals surface area (Å²) in [5.41, 5.74) is 3.46. The molecule has 0 saturated carbocycles. The molecule has 2 aromatic carbocycles. The first-order chi connectivity index (χ1) is 13.6. The van der Waals surface area contributed by atoms with Crippen LogP contribution in [0.25, 0.3) is 10.9 Å². The quantitative estimate of drug-likeness (QED) is 0.401. The fourth-order valence-electron chi connectivity index (χ4n) is 3.61. The average Bonchev–Trinajstić information content (AvgIpc) is 3.15. The largest absolute Gasteiger partial charge is 0.379 e. The highest BCUT2D eigenvalue weighted by atomic mass is 16.6. The predicted molar refractivity (Wildman–Crippen MR) is 107 cm³/mol. The Morgan fingerprint density at radius 3 is 2.57 bits per heavy atom. The molecule has 0 radical (unpaired) electrons. The summed E-state index contributed by atoms with van der Waals surface area (Å²) in [7, 11) is 0. The first kappa shape index (κ1) is 17.9. The number of anilines is 1. The van der Waals surface area contributed by atoms with E-state index in [1.54, 1.807) is 30.5 Å². The Balaban J connectivity index is 1.35. The van der Waals surface area contributed by atoms with Gasteiger partial charge < -0.3 is 10.2 Å². The number of benzene rings is 2. The Labute approximate surface area is 162 Å². The van der Waals surface area contributed by atoms with Gasteiger partial charge in [-0.15, -0.1) is 0 Å². The van der Waals surface area contributed by atoms with Crippen LogP contribution in [-0.4, -0.2) is 27.3 Å². The van der Waals surface area contributed by atoms with Crippen LogP contribution < -0.4 is 5.32 Å². The lowest BCUT2D eigenvalue weighted by molar-refractivity contribution is -0.382. The van der Waals surface area contributed by atoms with Gasteiger partial charge in [-0.2, -0.15) is 0 Å². The first-order valence-electron chi connectivity index (χ1n) is 9.24. The van der Waals surface area contributed by atoms with E-state index in [4.69, 9.17) is 0 Å². The Hall–Kier alpha value is -3.48. The second-order valence-corrected chi connectivity index (χ2v) is 6.84. The third-order valence-electron chi connectivity index (χ3n) is 5.02. The number of nitro groups is 1. The third kappa shape index (κ3) is 3.51. The topological polar surface area (TPSA) is 88.4 Å². The van der Waals surface area contributed by atoms with E-state index in [1.807, 2.05) is 17.0 Å². The van der Waals surface area contributed by atoms with Gasteiger partial charge in [-0.3, -0.25) is 19.9 Å². The minimum atomic E-state index is -0.390. The lowest BCUT2D eigenvalue weighted by Gasteiger charge is -2.15. The number of pyridine rings is 1. The molecule has 1 aliphatic heterocycles. The molecular formula is C21H20N4O3. The molecule has 0 atom stereocenters. The van der Waals surface area contributed by atoms with Crippen molar-refractivity contribution in [2.24, 2.45) is 0 Å².